The van der Waals surface area contributed by atoms with E-state index < -0.39 is 0 Å². The summed E-state index contributed by atoms with van der Waals surface area (Å²) in [5, 5.41) is 0. The van der Waals surface area contributed by atoms with Crippen molar-refractivity contribution >= 4 is 12.2 Å². The molecule has 0 amide bonds. The second-order valence-corrected chi connectivity index (χ2v) is 4.32. The van der Waals surface area contributed by atoms with Crippen molar-refractivity contribution in [2.24, 2.45) is 0 Å². The Hall–Kier alpha value is -2.02. The zero-order valence-corrected chi connectivity index (χ0v) is 15.2. The Kier molecular flexibility index (Phi) is 10.6. The molecule has 2 aromatic rings. The lowest BCUT2D eigenvalue weighted by Crippen LogP contribution is -1.80. The van der Waals surface area contributed by atoms with Crippen molar-refractivity contribution in [2.45, 2.75) is 48.5 Å². The van der Waals surface area contributed by atoms with E-state index in [0.29, 0.717) is 0 Å². The number of nitrogens with one attached hydrogen (secondary N) is 1. The van der Waals surface area contributed by atoms with E-state index in [2.05, 4.69) is 60.5 Å². The van der Waals surface area contributed by atoms with Gasteiger partial charge in [-0.3, -0.25) is 0 Å². The van der Waals surface area contributed by atoms with Gasteiger partial charge in [-0.25, -0.2) is 0 Å². The molecule has 0 spiro atoms. The molecule has 1 nitrogen and oxygen atoms in total. The molecule has 0 unspecified atom stereocenters. The fraction of sp³-hybridized carbons (Fsp3) is 0.333. The van der Waals surface area contributed by atoms with E-state index in [1.807, 2.05) is 47.6 Å². The second kappa shape index (κ2) is 11.6. The Labute approximate surface area is 138 Å². The maximum atomic E-state index is 3.51. The Morgan fingerprint density at radius 2 is 1.41 bits per heavy atom. The van der Waals surface area contributed by atoms with Crippen LogP contribution in [0, 0.1) is 6.92 Å². The van der Waals surface area contributed by atoms with Gasteiger partial charge in [0, 0.05) is 18.4 Å². The van der Waals surface area contributed by atoms with Gasteiger partial charge >= 0.3 is 0 Å². The number of benzene rings is 1. The number of aromatic nitrogens is 1. The minimum atomic E-state index is 0. The minimum absolute atomic E-state index is 0. The second-order valence-electron chi connectivity index (χ2n) is 4.32. The molecule has 122 valence electrons. The molecule has 0 aliphatic carbocycles. The van der Waals surface area contributed by atoms with Crippen LogP contribution in [0.5, 0.6) is 0 Å². The molecule has 0 saturated heterocycles. The number of rotatable bonds is 3. The Morgan fingerprint density at radius 1 is 0.864 bits per heavy atom. The zero-order valence-electron chi connectivity index (χ0n) is 15.2. The maximum absolute atomic E-state index is 3.51. The first-order chi connectivity index (χ1) is 10.8. The summed E-state index contributed by atoms with van der Waals surface area (Å²) < 4.78 is 0. The Balaban J connectivity index is 0. The third-order valence-electron chi connectivity index (χ3n) is 3.06. The highest BCUT2D eigenvalue weighted by molar-refractivity contribution is 5.76. The zero-order chi connectivity index (χ0) is 17.0. The monoisotopic (exact) mass is 299 g/mol. The van der Waals surface area contributed by atoms with Crippen LogP contribution in [-0.4, -0.2) is 4.98 Å². The van der Waals surface area contributed by atoms with Gasteiger partial charge in [-0.05, 0) is 38.0 Å². The minimum Gasteiger partial charge on any atom is -0.354 e. The molecule has 2 rings (SSSR count). The topological polar surface area (TPSA) is 15.8 Å². The number of hydrogen-bond donors (Lipinski definition) is 1. The van der Waals surface area contributed by atoms with Crippen molar-refractivity contribution in [3.8, 4) is 11.3 Å². The summed E-state index contributed by atoms with van der Waals surface area (Å²) in [5.74, 6) is 0. The van der Waals surface area contributed by atoms with Gasteiger partial charge in [-0.1, -0.05) is 76.3 Å². The van der Waals surface area contributed by atoms with Crippen molar-refractivity contribution < 1.29 is 1.43 Å². The van der Waals surface area contributed by atoms with Gasteiger partial charge in [0.2, 0.25) is 0 Å². The molecular weight excluding hydrogens is 266 g/mol. The summed E-state index contributed by atoms with van der Waals surface area (Å²) in [6.45, 7) is 14.3. The van der Waals surface area contributed by atoms with Crippen LogP contribution in [0.3, 0.4) is 0 Å². The van der Waals surface area contributed by atoms with Crippen molar-refractivity contribution in [3.05, 3.63) is 59.3 Å². The van der Waals surface area contributed by atoms with Gasteiger partial charge in [0.1, 0.15) is 0 Å². The van der Waals surface area contributed by atoms with E-state index in [9.17, 15) is 0 Å². The molecule has 0 aliphatic rings. The van der Waals surface area contributed by atoms with Gasteiger partial charge in [0.25, 0.3) is 0 Å². The molecule has 0 radical (unpaired) electrons. The molecule has 1 N–H and O–H groups in total. The molecule has 1 aromatic carbocycles. The highest BCUT2D eigenvalue weighted by Crippen LogP contribution is 2.29. The molecule has 1 aromatic heterocycles. The molecule has 22 heavy (non-hydrogen) atoms. The Bertz CT molecular complexity index is 577. The van der Waals surface area contributed by atoms with Crippen molar-refractivity contribution in [1.82, 2.24) is 4.98 Å². The normalized spacial score (nSPS) is 10.1. The van der Waals surface area contributed by atoms with Gasteiger partial charge in [0.05, 0.1) is 0 Å². The van der Waals surface area contributed by atoms with Crippen molar-refractivity contribution in [1.29, 1.82) is 0 Å². The summed E-state index contributed by atoms with van der Waals surface area (Å²) >= 11 is 0. The molecule has 0 saturated carbocycles. The van der Waals surface area contributed by atoms with E-state index in [4.69, 9.17) is 0 Å². The lowest BCUT2D eigenvalue weighted by molar-refractivity contribution is 1.35. The lowest BCUT2D eigenvalue weighted by Gasteiger charge is -1.99. The van der Waals surface area contributed by atoms with Crippen LogP contribution in [0.4, 0.5) is 0 Å². The summed E-state index contributed by atoms with van der Waals surface area (Å²) in [6, 6.07) is 10.5. The first-order valence-corrected chi connectivity index (χ1v) is 8.31. The SMILES string of the molecule is C/C=C\c1[nH]c(-c2ccccc2)c(C)c1/C=C\C.CC.CC.[HH]. The summed E-state index contributed by atoms with van der Waals surface area (Å²) in [7, 11) is 0. The van der Waals surface area contributed by atoms with E-state index in [1.54, 1.807) is 0 Å². The van der Waals surface area contributed by atoms with E-state index in [-0.39, 0.29) is 1.43 Å². The molecular formula is C21H33N. The van der Waals surface area contributed by atoms with Crippen LogP contribution in [0.2, 0.25) is 0 Å². The highest BCUT2D eigenvalue weighted by Gasteiger charge is 2.11. The summed E-state index contributed by atoms with van der Waals surface area (Å²) in [4.78, 5) is 3.51. The number of aromatic amines is 1. The van der Waals surface area contributed by atoms with Crippen molar-refractivity contribution in [2.75, 3.05) is 0 Å². The van der Waals surface area contributed by atoms with E-state index >= 15 is 0 Å². The van der Waals surface area contributed by atoms with Crippen LogP contribution in [0.1, 0.15) is 59.8 Å². The van der Waals surface area contributed by atoms with Crippen LogP contribution < -0.4 is 0 Å². The first kappa shape index (κ1) is 20.0. The van der Waals surface area contributed by atoms with Crippen LogP contribution in [-0.2, 0) is 0 Å². The molecule has 0 bridgehead atoms. The fourth-order valence-corrected chi connectivity index (χ4v) is 2.21. The molecule has 0 fully saturated rings. The highest BCUT2D eigenvalue weighted by atomic mass is 14.7. The van der Waals surface area contributed by atoms with Gasteiger partial charge in [-0.15, -0.1) is 0 Å². The molecule has 0 aliphatic heterocycles. The van der Waals surface area contributed by atoms with Crippen LogP contribution in [0.25, 0.3) is 23.4 Å². The predicted molar refractivity (Wildman–Crippen MR) is 105 cm³/mol. The average molecular weight is 300 g/mol. The molecule has 1 heteroatoms. The number of hydrogen-bond acceptors (Lipinski definition) is 0. The summed E-state index contributed by atoms with van der Waals surface area (Å²) in [6.07, 6.45) is 8.42. The number of allylic oxidation sites excluding steroid dienone is 2. The largest absolute Gasteiger partial charge is 0.354 e. The van der Waals surface area contributed by atoms with E-state index in [1.165, 1.54) is 28.1 Å². The predicted octanol–water partition coefficient (Wildman–Crippen LogP) is 7.35. The number of H-pyrrole nitrogens is 1. The van der Waals surface area contributed by atoms with Crippen LogP contribution >= 0.6 is 0 Å². The molecule has 0 atom stereocenters. The van der Waals surface area contributed by atoms with Gasteiger partial charge in [0.15, 0.2) is 0 Å². The fourth-order valence-electron chi connectivity index (χ4n) is 2.21. The van der Waals surface area contributed by atoms with Crippen LogP contribution in [0.15, 0.2) is 42.5 Å². The lowest BCUT2D eigenvalue weighted by atomic mass is 10.0. The van der Waals surface area contributed by atoms with Gasteiger partial charge in [-0.2, -0.15) is 0 Å². The third-order valence-corrected chi connectivity index (χ3v) is 3.06. The third kappa shape index (κ3) is 5.07. The smallest absolute Gasteiger partial charge is 0.0494 e. The quantitative estimate of drug-likeness (QED) is 0.609. The van der Waals surface area contributed by atoms with Crippen molar-refractivity contribution in [3.63, 3.8) is 0 Å². The van der Waals surface area contributed by atoms with E-state index in [0.717, 1.165) is 0 Å². The standard InChI is InChI=1S/C17H19N.2C2H6.H2/c1-4-9-15-13(3)17(18-16(15)10-5-2)14-11-7-6-8-12-14;2*1-2;/h4-12,18H,1-3H3;2*1-2H3;1H/b9-4-,10-5-;;;. The van der Waals surface area contributed by atoms with Gasteiger partial charge < -0.3 is 4.98 Å². The average Bonchev–Trinajstić information content (AvgIpc) is 2.90. The first-order valence-electron chi connectivity index (χ1n) is 8.31. The Morgan fingerprint density at radius 3 is 1.91 bits per heavy atom. The summed E-state index contributed by atoms with van der Waals surface area (Å²) in [5.41, 5.74) is 6.18. The maximum Gasteiger partial charge on any atom is 0.0494 e. The molecule has 1 heterocycles.